The molecule has 2 bridgehead atoms. The van der Waals surface area contributed by atoms with Gasteiger partial charge in [-0.3, -0.25) is 24.2 Å². The normalized spacial score (nSPS) is 32.2. The minimum atomic E-state index is -0.364. The Morgan fingerprint density at radius 1 is 0.897 bits per heavy atom. The van der Waals surface area contributed by atoms with Crippen molar-refractivity contribution in [1.82, 2.24) is 19.8 Å². The fraction of sp³-hybridized carbons (Fsp3) is 0.667. The van der Waals surface area contributed by atoms with E-state index in [9.17, 15) is 14.4 Å². The van der Waals surface area contributed by atoms with E-state index in [0.29, 0.717) is 13.0 Å². The smallest absolute Gasteiger partial charge is 0.233 e. The summed E-state index contributed by atoms with van der Waals surface area (Å²) in [4.78, 5) is 52.6. The first-order chi connectivity index (χ1) is 14.1. The molecule has 3 saturated carbocycles. The van der Waals surface area contributed by atoms with Crippen molar-refractivity contribution in [2.75, 3.05) is 44.2 Å². The van der Waals surface area contributed by atoms with Crippen LogP contribution in [0.15, 0.2) is 18.5 Å². The number of imide groups is 1. The lowest BCUT2D eigenvalue weighted by atomic mass is 9.59. The Kier molecular flexibility index (Phi) is 4.81. The Hall–Kier alpha value is -2.35. The van der Waals surface area contributed by atoms with Crippen molar-refractivity contribution in [3.05, 3.63) is 18.5 Å². The number of likely N-dealkylation sites (tertiary alicyclic amines) is 1. The first kappa shape index (κ1) is 18.7. The number of Topliss-reactive ketones (excluding diaryl/α,β-unsaturated/α-hetero) is 1. The van der Waals surface area contributed by atoms with Gasteiger partial charge in [0.1, 0.15) is 5.78 Å². The summed E-state index contributed by atoms with van der Waals surface area (Å²) in [5.41, 5.74) is 0. The number of anilines is 1. The van der Waals surface area contributed by atoms with E-state index in [0.717, 1.165) is 57.9 Å². The highest BCUT2D eigenvalue weighted by atomic mass is 16.2. The van der Waals surface area contributed by atoms with Crippen molar-refractivity contribution in [3.8, 4) is 0 Å². The molecule has 8 heteroatoms. The molecule has 4 atom stereocenters. The molecule has 154 valence electrons. The van der Waals surface area contributed by atoms with Gasteiger partial charge >= 0.3 is 0 Å². The number of carbonyl (C=O) groups excluding carboxylic acids is 3. The van der Waals surface area contributed by atoms with E-state index >= 15 is 0 Å². The first-order valence-electron chi connectivity index (χ1n) is 10.8. The zero-order valence-corrected chi connectivity index (χ0v) is 16.6. The third-order valence-corrected chi connectivity index (χ3v) is 7.22. The van der Waals surface area contributed by atoms with Gasteiger partial charge in [-0.1, -0.05) is 0 Å². The summed E-state index contributed by atoms with van der Waals surface area (Å²) in [6.45, 7) is 4.93. The monoisotopic (exact) mass is 397 g/mol. The van der Waals surface area contributed by atoms with Crippen molar-refractivity contribution >= 4 is 23.5 Å². The molecule has 3 aliphatic carbocycles. The van der Waals surface area contributed by atoms with Crippen molar-refractivity contribution < 1.29 is 14.4 Å². The number of amides is 2. The number of aromatic nitrogens is 2. The average Bonchev–Trinajstić information content (AvgIpc) is 3.02. The van der Waals surface area contributed by atoms with Crippen LogP contribution in [-0.4, -0.2) is 76.6 Å². The van der Waals surface area contributed by atoms with Gasteiger partial charge in [0.2, 0.25) is 17.8 Å². The highest BCUT2D eigenvalue weighted by molar-refractivity contribution is 6.08. The Morgan fingerprint density at radius 2 is 1.62 bits per heavy atom. The number of rotatable bonds is 5. The van der Waals surface area contributed by atoms with Gasteiger partial charge in [0.05, 0.1) is 11.8 Å². The average molecular weight is 397 g/mol. The van der Waals surface area contributed by atoms with Crippen molar-refractivity contribution in [3.63, 3.8) is 0 Å². The molecule has 5 fully saturated rings. The van der Waals surface area contributed by atoms with Crippen LogP contribution in [0.4, 0.5) is 5.95 Å². The van der Waals surface area contributed by atoms with Crippen LogP contribution in [0.2, 0.25) is 0 Å². The zero-order valence-electron chi connectivity index (χ0n) is 16.6. The second-order valence-electron chi connectivity index (χ2n) is 8.73. The molecule has 2 aliphatic heterocycles. The predicted octanol–water partition coefficient (Wildman–Crippen LogP) is 0.589. The van der Waals surface area contributed by atoms with Crippen LogP contribution in [-0.2, 0) is 14.4 Å². The van der Waals surface area contributed by atoms with Crippen LogP contribution < -0.4 is 4.90 Å². The van der Waals surface area contributed by atoms with Gasteiger partial charge in [-0.25, -0.2) is 9.97 Å². The molecule has 0 radical (unpaired) electrons. The largest absolute Gasteiger partial charge is 0.338 e. The van der Waals surface area contributed by atoms with Gasteiger partial charge in [0, 0.05) is 57.5 Å². The van der Waals surface area contributed by atoms with Gasteiger partial charge in [-0.05, 0) is 37.8 Å². The number of hydrogen-bond donors (Lipinski definition) is 0. The molecule has 4 unspecified atom stereocenters. The maximum atomic E-state index is 12.9. The maximum absolute atomic E-state index is 12.9. The van der Waals surface area contributed by atoms with E-state index in [1.165, 1.54) is 4.90 Å². The molecule has 3 heterocycles. The first-order valence-corrected chi connectivity index (χ1v) is 10.8. The number of nitrogens with zero attached hydrogens (tertiary/aromatic N) is 5. The number of fused-ring (bicyclic) bond motifs is 2. The predicted molar refractivity (Wildman–Crippen MR) is 105 cm³/mol. The number of ketones is 1. The van der Waals surface area contributed by atoms with Crippen LogP contribution in [0.1, 0.15) is 25.7 Å². The number of carbonyl (C=O) groups is 3. The maximum Gasteiger partial charge on any atom is 0.233 e. The lowest BCUT2D eigenvalue weighted by Crippen LogP contribution is -2.47. The summed E-state index contributed by atoms with van der Waals surface area (Å²) in [6, 6.07) is 1.82. The van der Waals surface area contributed by atoms with E-state index < -0.39 is 0 Å². The third kappa shape index (κ3) is 3.23. The van der Waals surface area contributed by atoms with Crippen LogP contribution >= 0.6 is 0 Å². The van der Waals surface area contributed by atoms with Gasteiger partial charge in [-0.15, -0.1) is 0 Å². The highest BCUT2D eigenvalue weighted by Gasteiger charge is 2.60. The fourth-order valence-corrected chi connectivity index (χ4v) is 5.74. The van der Waals surface area contributed by atoms with Crippen molar-refractivity contribution in [2.24, 2.45) is 23.7 Å². The topological polar surface area (TPSA) is 86.7 Å². The molecule has 0 N–H and O–H groups in total. The second kappa shape index (κ2) is 7.48. The molecule has 1 aromatic heterocycles. The fourth-order valence-electron chi connectivity index (χ4n) is 5.74. The Balaban J connectivity index is 1.13. The van der Waals surface area contributed by atoms with Crippen LogP contribution in [0, 0.1) is 23.7 Å². The van der Waals surface area contributed by atoms with Gasteiger partial charge in [0.25, 0.3) is 0 Å². The van der Waals surface area contributed by atoms with Gasteiger partial charge in [0.15, 0.2) is 0 Å². The lowest BCUT2D eigenvalue weighted by Gasteiger charge is -2.41. The Bertz CT molecular complexity index is 808. The summed E-state index contributed by atoms with van der Waals surface area (Å²) >= 11 is 0. The number of hydrogen-bond acceptors (Lipinski definition) is 7. The Morgan fingerprint density at radius 3 is 2.34 bits per heavy atom. The third-order valence-electron chi connectivity index (χ3n) is 7.22. The molecule has 0 aromatic carbocycles. The van der Waals surface area contributed by atoms with Gasteiger partial charge < -0.3 is 4.90 Å². The van der Waals surface area contributed by atoms with Crippen LogP contribution in [0.3, 0.4) is 0 Å². The molecule has 2 amide bonds. The SMILES string of the molecule is O=C1CC2CCC1C1C(=O)N(CCCN3CCN(c4ncccn4)CC3)C(=O)C21. The molecular formula is C21H27N5O3. The van der Waals surface area contributed by atoms with Gasteiger partial charge in [-0.2, -0.15) is 0 Å². The summed E-state index contributed by atoms with van der Waals surface area (Å²) in [6.07, 6.45) is 6.50. The molecular weight excluding hydrogens is 370 g/mol. The van der Waals surface area contributed by atoms with E-state index in [4.69, 9.17) is 0 Å². The quantitative estimate of drug-likeness (QED) is 0.672. The summed E-state index contributed by atoms with van der Waals surface area (Å²) < 4.78 is 0. The van der Waals surface area contributed by atoms with E-state index in [1.54, 1.807) is 12.4 Å². The van der Waals surface area contributed by atoms with E-state index in [1.807, 2.05) is 6.07 Å². The molecule has 0 spiro atoms. The van der Waals surface area contributed by atoms with Crippen molar-refractivity contribution in [1.29, 1.82) is 0 Å². The highest BCUT2D eigenvalue weighted by Crippen LogP contribution is 2.51. The summed E-state index contributed by atoms with van der Waals surface area (Å²) in [5, 5.41) is 0. The summed E-state index contributed by atoms with van der Waals surface area (Å²) in [7, 11) is 0. The zero-order chi connectivity index (χ0) is 20.0. The molecule has 29 heavy (non-hydrogen) atoms. The molecule has 1 aromatic rings. The molecule has 5 aliphatic rings. The molecule has 6 rings (SSSR count). The minimum absolute atomic E-state index is 0.0201. The standard InChI is InChI=1S/C21H27N5O3/c27-16-13-14-3-4-15(16)18-17(14)19(28)26(20(18)29)8-2-7-24-9-11-25(12-10-24)21-22-5-1-6-23-21/h1,5-6,14-15,17-18H,2-4,7-13H2. The Labute approximate surface area is 170 Å². The lowest BCUT2D eigenvalue weighted by molar-refractivity contribution is -0.144. The summed E-state index contributed by atoms with van der Waals surface area (Å²) in [5.74, 6) is 0.150. The number of piperazine rings is 1. The van der Waals surface area contributed by atoms with Crippen LogP contribution in [0.5, 0.6) is 0 Å². The van der Waals surface area contributed by atoms with Crippen LogP contribution in [0.25, 0.3) is 0 Å². The molecule has 8 nitrogen and oxygen atoms in total. The minimum Gasteiger partial charge on any atom is -0.338 e. The molecule has 2 saturated heterocycles. The second-order valence-corrected chi connectivity index (χ2v) is 8.73. The van der Waals surface area contributed by atoms with Crippen molar-refractivity contribution in [2.45, 2.75) is 25.7 Å². The van der Waals surface area contributed by atoms with E-state index in [-0.39, 0.29) is 41.3 Å². The van der Waals surface area contributed by atoms with E-state index in [2.05, 4.69) is 19.8 Å².